The Kier molecular flexibility index (Phi) is 36.9. The van der Waals surface area contributed by atoms with E-state index in [0.29, 0.717) is 0 Å². The van der Waals surface area contributed by atoms with Gasteiger partial charge in [0.1, 0.15) is 0 Å². The molecule has 0 aliphatic heterocycles. The van der Waals surface area contributed by atoms with Gasteiger partial charge in [-0.2, -0.15) is 0 Å². The molecular weight excluding hydrogens is 515 g/mol. The molecule has 0 radical (unpaired) electrons. The van der Waals surface area contributed by atoms with Gasteiger partial charge in [0.25, 0.3) is 0 Å². The van der Waals surface area contributed by atoms with Crippen molar-refractivity contribution in [3.63, 3.8) is 0 Å². The van der Waals surface area contributed by atoms with E-state index in [1.807, 2.05) is 0 Å². The summed E-state index contributed by atoms with van der Waals surface area (Å²) in [4.78, 5) is 5.74. The van der Waals surface area contributed by atoms with E-state index in [4.69, 9.17) is 0 Å². The molecule has 0 aromatic carbocycles. The van der Waals surface area contributed by atoms with E-state index >= 15 is 0 Å². The summed E-state index contributed by atoms with van der Waals surface area (Å²) in [6.45, 7) is 14.7. The van der Waals surface area contributed by atoms with Crippen LogP contribution in [0.3, 0.4) is 0 Å². The van der Waals surface area contributed by atoms with Crippen LogP contribution in [0.2, 0.25) is 0 Å². The van der Waals surface area contributed by atoms with Crippen LogP contribution in [0.5, 0.6) is 0 Å². The number of nitrogens with zero attached hydrogens (tertiary/aromatic N) is 2. The fraction of sp³-hybridized carbons (Fsp3) is 1.00. The summed E-state index contributed by atoms with van der Waals surface area (Å²) in [5.41, 5.74) is 0. The number of hydrogen-bond donors (Lipinski definition) is 0. The maximum absolute atomic E-state index is 2.87. The van der Waals surface area contributed by atoms with Crippen molar-refractivity contribution in [2.75, 3.05) is 38.8 Å². The van der Waals surface area contributed by atoms with Gasteiger partial charge in [0, 0.05) is 12.6 Å². The first-order valence-electron chi connectivity index (χ1n) is 19.4. The highest BCUT2D eigenvalue weighted by molar-refractivity contribution is 7.37. The van der Waals surface area contributed by atoms with Gasteiger partial charge in [0.15, 0.2) is 0 Å². The molecule has 0 saturated heterocycles. The molecule has 2 nitrogen and oxygen atoms in total. The van der Waals surface area contributed by atoms with Crippen molar-refractivity contribution in [1.82, 2.24) is 9.80 Å². The molecule has 41 heavy (non-hydrogen) atoms. The Morgan fingerprint density at radius 1 is 0.268 bits per heavy atom. The summed E-state index contributed by atoms with van der Waals surface area (Å²) in [5.74, 6) is 0. The first kappa shape index (κ1) is 41.4. The van der Waals surface area contributed by atoms with Gasteiger partial charge in [-0.25, -0.2) is 0 Å². The maximum Gasteiger partial charge on any atom is 0.0167 e. The first-order valence-corrected chi connectivity index (χ1v) is 20.8. The largest absolute Gasteiger partial charge is 0.299 e. The quantitative estimate of drug-likeness (QED) is 0.0524. The monoisotopic (exact) mass is 597 g/mol. The van der Waals surface area contributed by atoms with Gasteiger partial charge in [-0.1, -0.05) is 190 Å². The highest BCUT2D eigenvalue weighted by atomic mass is 31.1. The second kappa shape index (κ2) is 36.5. The fourth-order valence-corrected chi connectivity index (χ4v) is 7.44. The van der Waals surface area contributed by atoms with E-state index in [2.05, 4.69) is 37.5 Å². The van der Waals surface area contributed by atoms with Gasteiger partial charge < -0.3 is 0 Å². The van der Waals surface area contributed by atoms with Crippen LogP contribution in [0.1, 0.15) is 207 Å². The third-order valence-electron chi connectivity index (χ3n) is 8.98. The second-order valence-electron chi connectivity index (χ2n) is 13.3. The zero-order valence-electron chi connectivity index (χ0n) is 29.4. The van der Waals surface area contributed by atoms with Gasteiger partial charge in [0.05, 0.1) is 0 Å². The molecule has 0 heterocycles. The van der Waals surface area contributed by atoms with Crippen molar-refractivity contribution in [1.29, 1.82) is 0 Å². The number of unbranched alkanes of at least 4 members (excludes halogenated alkanes) is 24. The predicted molar refractivity (Wildman–Crippen MR) is 193 cm³/mol. The van der Waals surface area contributed by atoms with Crippen molar-refractivity contribution < 1.29 is 0 Å². The van der Waals surface area contributed by atoms with Gasteiger partial charge in [-0.15, -0.1) is 0 Å². The van der Waals surface area contributed by atoms with E-state index < -0.39 is 0 Å². The molecule has 0 fully saturated rings. The van der Waals surface area contributed by atoms with Crippen LogP contribution >= 0.6 is 8.58 Å². The summed E-state index contributed by atoms with van der Waals surface area (Å²) < 4.78 is 0. The highest BCUT2D eigenvalue weighted by Crippen LogP contribution is 2.19. The van der Waals surface area contributed by atoms with Crippen molar-refractivity contribution in [3.8, 4) is 0 Å². The number of hydrogen-bond acceptors (Lipinski definition) is 2. The Labute approximate surface area is 264 Å². The lowest BCUT2D eigenvalue weighted by molar-refractivity contribution is 0.288. The van der Waals surface area contributed by atoms with Crippen molar-refractivity contribution in [3.05, 3.63) is 0 Å². The SMILES string of the molecule is CCCCCCCCCCN(CCCCCCCC)CPCN(CCCCCCCC)CCCCCCCCCC. The molecule has 0 rings (SSSR count). The van der Waals surface area contributed by atoms with Crippen LogP contribution in [0.15, 0.2) is 0 Å². The third kappa shape index (κ3) is 33.1. The highest BCUT2D eigenvalue weighted by Gasteiger charge is 2.09. The molecule has 248 valence electrons. The van der Waals surface area contributed by atoms with Gasteiger partial charge in [-0.05, 0) is 51.9 Å². The minimum atomic E-state index is 1.09. The lowest BCUT2D eigenvalue weighted by Crippen LogP contribution is -2.29. The average molecular weight is 597 g/mol. The van der Waals surface area contributed by atoms with Crippen LogP contribution in [0.25, 0.3) is 0 Å². The van der Waals surface area contributed by atoms with Crippen molar-refractivity contribution in [2.24, 2.45) is 0 Å². The zero-order chi connectivity index (χ0) is 29.9. The van der Waals surface area contributed by atoms with Crippen LogP contribution in [0.4, 0.5) is 0 Å². The van der Waals surface area contributed by atoms with Gasteiger partial charge in [-0.3, -0.25) is 9.80 Å². The topological polar surface area (TPSA) is 6.48 Å². The van der Waals surface area contributed by atoms with Gasteiger partial charge >= 0.3 is 0 Å². The molecule has 0 N–H and O–H groups in total. The van der Waals surface area contributed by atoms with E-state index in [1.54, 1.807) is 0 Å². The van der Waals surface area contributed by atoms with Crippen LogP contribution in [0, 0.1) is 0 Å². The molecule has 0 aliphatic carbocycles. The average Bonchev–Trinajstić information content (AvgIpc) is 2.98. The lowest BCUT2D eigenvalue weighted by Gasteiger charge is -2.26. The summed E-state index contributed by atoms with van der Waals surface area (Å²) in [7, 11) is 1.09. The Balaban J connectivity index is 4.47. The van der Waals surface area contributed by atoms with Crippen LogP contribution < -0.4 is 0 Å². The Morgan fingerprint density at radius 3 is 0.683 bits per heavy atom. The fourth-order valence-electron chi connectivity index (χ4n) is 6.08. The molecule has 0 spiro atoms. The standard InChI is InChI=1S/C38H81N2P/c1-5-9-13-17-21-23-27-31-35-39(33-29-25-19-15-11-7-3)37-41-38-40(34-30-26-20-16-12-8-4)36-32-28-24-22-18-14-10-6-2/h41H,5-38H2,1-4H3. The maximum atomic E-state index is 2.87. The molecule has 0 aliphatic rings. The summed E-state index contributed by atoms with van der Waals surface area (Å²) in [5, 5.41) is 0. The van der Waals surface area contributed by atoms with E-state index in [9.17, 15) is 0 Å². The minimum Gasteiger partial charge on any atom is -0.299 e. The van der Waals surface area contributed by atoms with Crippen molar-refractivity contribution >= 4 is 8.58 Å². The van der Waals surface area contributed by atoms with E-state index in [-0.39, 0.29) is 0 Å². The van der Waals surface area contributed by atoms with Crippen LogP contribution in [-0.2, 0) is 0 Å². The molecular formula is C38H81N2P. The third-order valence-corrected chi connectivity index (χ3v) is 10.3. The Hall–Kier alpha value is 0.350. The Bertz CT molecular complexity index is 418. The molecule has 0 atom stereocenters. The summed E-state index contributed by atoms with van der Waals surface area (Å²) in [6, 6.07) is 0. The van der Waals surface area contributed by atoms with Gasteiger partial charge in [0.2, 0.25) is 0 Å². The second-order valence-corrected chi connectivity index (χ2v) is 14.4. The molecule has 3 heteroatoms. The minimum absolute atomic E-state index is 1.09. The molecule has 0 aromatic heterocycles. The molecule has 0 saturated carbocycles. The van der Waals surface area contributed by atoms with E-state index in [0.717, 1.165) is 8.58 Å². The summed E-state index contributed by atoms with van der Waals surface area (Å²) >= 11 is 0. The molecule has 0 unspecified atom stereocenters. The molecule has 0 amide bonds. The zero-order valence-corrected chi connectivity index (χ0v) is 30.4. The molecule has 0 aromatic rings. The van der Waals surface area contributed by atoms with E-state index in [1.165, 1.54) is 219 Å². The first-order chi connectivity index (χ1) is 20.3. The lowest BCUT2D eigenvalue weighted by atomic mass is 10.1. The predicted octanol–water partition coefficient (Wildman–Crippen LogP) is 13.2. The smallest absolute Gasteiger partial charge is 0.0167 e. The van der Waals surface area contributed by atoms with Crippen LogP contribution in [-0.4, -0.2) is 48.6 Å². The normalized spacial score (nSPS) is 11.9. The number of rotatable bonds is 36. The summed E-state index contributed by atoms with van der Waals surface area (Å²) in [6.07, 6.45) is 42.8. The Morgan fingerprint density at radius 2 is 0.463 bits per heavy atom. The van der Waals surface area contributed by atoms with Crippen molar-refractivity contribution in [2.45, 2.75) is 207 Å². The molecule has 0 bridgehead atoms.